The van der Waals surface area contributed by atoms with Crippen molar-refractivity contribution in [1.29, 1.82) is 0 Å². The molecule has 0 saturated heterocycles. The molecule has 0 aliphatic rings. The van der Waals surface area contributed by atoms with E-state index < -0.39 is 0 Å². The molecular formula is C16H18ClN2O+. The predicted molar refractivity (Wildman–Crippen MR) is 81.7 cm³/mol. The summed E-state index contributed by atoms with van der Waals surface area (Å²) in [6.07, 6.45) is 0. The third-order valence-corrected chi connectivity index (χ3v) is 3.36. The van der Waals surface area contributed by atoms with Gasteiger partial charge in [-0.15, -0.1) is 0 Å². The molecule has 0 aliphatic heterocycles. The Kier molecular flexibility index (Phi) is 5.16. The average Bonchev–Trinajstić information content (AvgIpc) is 2.48. The number of halogens is 1. The topological polar surface area (TPSA) is 45.7 Å². The molecule has 0 unspecified atom stereocenters. The van der Waals surface area contributed by atoms with Crippen LogP contribution in [0.1, 0.15) is 18.5 Å². The largest absolute Gasteiger partial charge is 0.333 e. The molecule has 3 nitrogen and oxygen atoms in total. The molecule has 3 N–H and O–H groups in total. The number of amides is 1. The summed E-state index contributed by atoms with van der Waals surface area (Å²) in [6.45, 7) is 2.48. The minimum atomic E-state index is -0.0184. The Morgan fingerprint density at radius 2 is 1.80 bits per heavy atom. The van der Waals surface area contributed by atoms with Gasteiger partial charge in [-0.05, 0) is 31.2 Å². The highest BCUT2D eigenvalue weighted by molar-refractivity contribution is 6.30. The zero-order chi connectivity index (χ0) is 14.4. The molecule has 0 aliphatic carbocycles. The third-order valence-electron chi connectivity index (χ3n) is 3.11. The van der Waals surface area contributed by atoms with E-state index in [2.05, 4.69) is 24.4 Å². The highest BCUT2D eigenvalue weighted by Gasteiger charge is 2.11. The lowest BCUT2D eigenvalue weighted by Gasteiger charge is -2.11. The van der Waals surface area contributed by atoms with Gasteiger partial charge >= 0.3 is 0 Å². The zero-order valence-corrected chi connectivity index (χ0v) is 12.1. The van der Waals surface area contributed by atoms with Gasteiger partial charge in [0.15, 0.2) is 6.54 Å². The van der Waals surface area contributed by atoms with Crippen molar-refractivity contribution in [2.45, 2.75) is 13.0 Å². The van der Waals surface area contributed by atoms with Crippen molar-refractivity contribution in [3.63, 3.8) is 0 Å². The number of nitrogens with one attached hydrogen (secondary N) is 1. The molecule has 1 atom stereocenters. The molecule has 2 rings (SSSR count). The van der Waals surface area contributed by atoms with Gasteiger partial charge in [-0.1, -0.05) is 41.9 Å². The molecule has 0 saturated carbocycles. The maximum atomic E-state index is 11.9. The zero-order valence-electron chi connectivity index (χ0n) is 11.3. The van der Waals surface area contributed by atoms with Crippen LogP contribution in [0.3, 0.4) is 0 Å². The van der Waals surface area contributed by atoms with Crippen LogP contribution in [0.15, 0.2) is 54.6 Å². The van der Waals surface area contributed by atoms with Crippen LogP contribution in [0.5, 0.6) is 0 Å². The highest BCUT2D eigenvalue weighted by atomic mass is 35.5. The predicted octanol–water partition coefficient (Wildman–Crippen LogP) is 2.60. The van der Waals surface area contributed by atoms with E-state index in [9.17, 15) is 4.79 Å². The molecule has 0 bridgehead atoms. The summed E-state index contributed by atoms with van der Waals surface area (Å²) in [4.78, 5) is 11.9. The van der Waals surface area contributed by atoms with E-state index in [0.717, 1.165) is 5.69 Å². The van der Waals surface area contributed by atoms with E-state index in [1.165, 1.54) is 5.56 Å². The van der Waals surface area contributed by atoms with Crippen molar-refractivity contribution in [2.24, 2.45) is 0 Å². The Morgan fingerprint density at radius 3 is 2.45 bits per heavy atom. The Balaban J connectivity index is 1.82. The van der Waals surface area contributed by atoms with Gasteiger partial charge in [0.1, 0.15) is 6.04 Å². The normalized spacial score (nSPS) is 11.9. The fourth-order valence-corrected chi connectivity index (χ4v) is 2.05. The first-order chi connectivity index (χ1) is 9.65. The van der Waals surface area contributed by atoms with Gasteiger partial charge in [-0.25, -0.2) is 0 Å². The second-order valence-corrected chi connectivity index (χ2v) is 5.13. The van der Waals surface area contributed by atoms with Crippen molar-refractivity contribution >= 4 is 23.2 Å². The first-order valence-electron chi connectivity index (χ1n) is 6.59. The summed E-state index contributed by atoms with van der Waals surface area (Å²) in [5, 5.41) is 5.52. The molecule has 20 heavy (non-hydrogen) atoms. The molecule has 0 spiro atoms. The van der Waals surface area contributed by atoms with Gasteiger partial charge in [-0.3, -0.25) is 4.79 Å². The van der Waals surface area contributed by atoms with Gasteiger partial charge < -0.3 is 10.6 Å². The number of hydrogen-bond donors (Lipinski definition) is 2. The van der Waals surface area contributed by atoms with Crippen molar-refractivity contribution in [1.82, 2.24) is 0 Å². The van der Waals surface area contributed by atoms with E-state index in [1.54, 1.807) is 24.3 Å². The maximum Gasteiger partial charge on any atom is 0.279 e. The van der Waals surface area contributed by atoms with Crippen LogP contribution >= 0.6 is 11.6 Å². The van der Waals surface area contributed by atoms with Gasteiger partial charge in [0.25, 0.3) is 5.91 Å². The fraction of sp³-hybridized carbons (Fsp3) is 0.188. The summed E-state index contributed by atoms with van der Waals surface area (Å²) >= 11 is 5.80. The monoisotopic (exact) mass is 289 g/mol. The Bertz CT molecular complexity index is 554. The Morgan fingerprint density at radius 1 is 1.15 bits per heavy atom. The van der Waals surface area contributed by atoms with Crippen molar-refractivity contribution in [2.75, 3.05) is 11.9 Å². The number of rotatable bonds is 5. The number of hydrogen-bond acceptors (Lipinski definition) is 1. The number of carbonyl (C=O) groups excluding carboxylic acids is 1. The standard InChI is InChI=1S/C16H17ClN2O/c1-12(13-5-3-2-4-6-13)18-11-16(20)19-15-9-7-14(17)8-10-15/h2-10,12,18H,11H2,1H3,(H,19,20)/p+1/t12-/m1/s1. The van der Waals surface area contributed by atoms with Crippen molar-refractivity contribution in [3.8, 4) is 0 Å². The average molecular weight is 290 g/mol. The third kappa shape index (κ3) is 4.37. The number of nitrogens with two attached hydrogens (primary N) is 1. The molecule has 2 aromatic carbocycles. The first-order valence-corrected chi connectivity index (χ1v) is 6.96. The molecular weight excluding hydrogens is 272 g/mol. The second kappa shape index (κ2) is 7.08. The van der Waals surface area contributed by atoms with Crippen LogP contribution in [-0.4, -0.2) is 12.5 Å². The van der Waals surface area contributed by atoms with Crippen LogP contribution in [0.4, 0.5) is 5.69 Å². The number of quaternary nitrogens is 1. The lowest BCUT2D eigenvalue weighted by Crippen LogP contribution is -2.86. The molecule has 104 valence electrons. The van der Waals surface area contributed by atoms with Crippen LogP contribution < -0.4 is 10.6 Å². The summed E-state index contributed by atoms with van der Waals surface area (Å²) in [7, 11) is 0. The molecule has 4 heteroatoms. The summed E-state index contributed by atoms with van der Waals surface area (Å²) in [5.41, 5.74) is 1.98. The number of anilines is 1. The quantitative estimate of drug-likeness (QED) is 0.873. The number of carbonyl (C=O) groups is 1. The first kappa shape index (κ1) is 14.6. The minimum absolute atomic E-state index is 0.0184. The van der Waals surface area contributed by atoms with Crippen LogP contribution in [0, 0.1) is 0 Å². The highest BCUT2D eigenvalue weighted by Crippen LogP contribution is 2.13. The van der Waals surface area contributed by atoms with Crippen molar-refractivity contribution in [3.05, 3.63) is 65.2 Å². The molecule has 0 radical (unpaired) electrons. The minimum Gasteiger partial charge on any atom is -0.333 e. The number of benzene rings is 2. The van der Waals surface area contributed by atoms with E-state index in [4.69, 9.17) is 11.6 Å². The molecule has 0 heterocycles. The summed E-state index contributed by atoms with van der Waals surface area (Å²) in [6, 6.07) is 17.5. The van der Waals surface area contributed by atoms with Gasteiger partial charge in [0.05, 0.1) is 0 Å². The molecule has 0 fully saturated rings. The SMILES string of the molecule is C[C@@H]([NH2+]CC(=O)Nc1ccc(Cl)cc1)c1ccccc1. The van der Waals surface area contributed by atoms with Crippen LogP contribution in [-0.2, 0) is 4.79 Å². The van der Waals surface area contributed by atoms with Crippen LogP contribution in [0.2, 0.25) is 5.02 Å². The summed E-state index contributed by atoms with van der Waals surface area (Å²) < 4.78 is 0. The molecule has 2 aromatic rings. The van der Waals surface area contributed by atoms with Crippen molar-refractivity contribution < 1.29 is 10.1 Å². The smallest absolute Gasteiger partial charge is 0.279 e. The second-order valence-electron chi connectivity index (χ2n) is 4.69. The lowest BCUT2D eigenvalue weighted by atomic mass is 10.1. The molecule has 1 amide bonds. The van der Waals surface area contributed by atoms with Gasteiger partial charge in [0, 0.05) is 16.3 Å². The maximum absolute atomic E-state index is 11.9. The Hall–Kier alpha value is -1.84. The summed E-state index contributed by atoms with van der Waals surface area (Å²) in [5.74, 6) is -0.0184. The molecule has 0 aromatic heterocycles. The fourth-order valence-electron chi connectivity index (χ4n) is 1.92. The van der Waals surface area contributed by atoms with E-state index in [-0.39, 0.29) is 11.9 Å². The van der Waals surface area contributed by atoms with Crippen LogP contribution in [0.25, 0.3) is 0 Å². The van der Waals surface area contributed by atoms with E-state index in [1.807, 2.05) is 23.5 Å². The van der Waals surface area contributed by atoms with Gasteiger partial charge in [0.2, 0.25) is 0 Å². The van der Waals surface area contributed by atoms with Gasteiger partial charge in [-0.2, -0.15) is 0 Å². The Labute approximate surface area is 124 Å². The van der Waals surface area contributed by atoms with E-state index >= 15 is 0 Å². The van der Waals surface area contributed by atoms with E-state index in [0.29, 0.717) is 11.6 Å². The lowest BCUT2D eigenvalue weighted by molar-refractivity contribution is -0.682.